The zero-order valence-corrected chi connectivity index (χ0v) is 17.4. The van der Waals surface area contributed by atoms with Crippen molar-refractivity contribution in [2.75, 3.05) is 17.1 Å². The number of benzene rings is 2. The molecule has 0 saturated carbocycles. The van der Waals surface area contributed by atoms with E-state index in [1.54, 1.807) is 12.1 Å². The molecule has 0 heterocycles. The summed E-state index contributed by atoms with van der Waals surface area (Å²) in [5.41, 5.74) is 4.58. The fraction of sp³-hybridized carbons (Fsp3) is 0.381. The number of sulfonamides is 1. The maximum Gasteiger partial charge on any atom is 0.241 e. The number of nitrogens with zero attached hydrogens (tertiary/aromatic N) is 1. The Morgan fingerprint density at radius 2 is 1.74 bits per heavy atom. The van der Waals surface area contributed by atoms with Gasteiger partial charge in [0, 0.05) is 0 Å². The molecule has 0 bridgehead atoms. The lowest BCUT2D eigenvalue weighted by molar-refractivity contribution is -0.120. The van der Waals surface area contributed by atoms with Gasteiger partial charge in [-0.3, -0.25) is 9.10 Å². The minimum atomic E-state index is -3.59. The van der Waals surface area contributed by atoms with Crippen molar-refractivity contribution in [2.45, 2.75) is 40.2 Å². The Morgan fingerprint density at radius 3 is 2.30 bits per heavy atom. The predicted octanol–water partition coefficient (Wildman–Crippen LogP) is 3.51. The number of hydrogen-bond acceptors (Lipinski definition) is 3. The van der Waals surface area contributed by atoms with Gasteiger partial charge in [0.1, 0.15) is 6.54 Å². The Balaban J connectivity index is 2.17. The van der Waals surface area contributed by atoms with Crippen LogP contribution >= 0.6 is 0 Å². The number of anilines is 1. The van der Waals surface area contributed by atoms with Gasteiger partial charge in [-0.25, -0.2) is 8.42 Å². The van der Waals surface area contributed by atoms with Gasteiger partial charge < -0.3 is 5.32 Å². The molecule has 1 amide bonds. The van der Waals surface area contributed by atoms with Crippen LogP contribution in [-0.4, -0.2) is 27.1 Å². The molecule has 1 atom stereocenters. The van der Waals surface area contributed by atoms with Gasteiger partial charge >= 0.3 is 0 Å². The van der Waals surface area contributed by atoms with Crippen molar-refractivity contribution in [3.8, 4) is 0 Å². The summed E-state index contributed by atoms with van der Waals surface area (Å²) in [7, 11) is -3.59. The molecule has 0 unspecified atom stereocenters. The molecule has 0 aliphatic heterocycles. The van der Waals surface area contributed by atoms with Crippen molar-refractivity contribution in [1.29, 1.82) is 0 Å². The van der Waals surface area contributed by atoms with Gasteiger partial charge in [0.25, 0.3) is 0 Å². The SMILES string of the molecule is CCc1ccc([C@@H](C)NC(=O)CN(c2cccc(C)c2C)S(C)(=O)=O)cc1. The predicted molar refractivity (Wildman–Crippen MR) is 110 cm³/mol. The molecule has 1 N–H and O–H groups in total. The van der Waals surface area contributed by atoms with E-state index in [2.05, 4.69) is 12.2 Å². The van der Waals surface area contributed by atoms with Gasteiger partial charge in [0.15, 0.2) is 0 Å². The van der Waals surface area contributed by atoms with E-state index in [-0.39, 0.29) is 18.5 Å². The molecule has 0 spiro atoms. The Labute approximate surface area is 162 Å². The molecule has 0 aromatic heterocycles. The first kappa shape index (κ1) is 21.0. The number of amides is 1. The monoisotopic (exact) mass is 388 g/mol. The topological polar surface area (TPSA) is 66.5 Å². The highest BCUT2D eigenvalue weighted by atomic mass is 32.2. The molecule has 2 aromatic rings. The zero-order chi connectivity index (χ0) is 20.2. The van der Waals surface area contributed by atoms with Crippen LogP contribution in [0.5, 0.6) is 0 Å². The summed E-state index contributed by atoms with van der Waals surface area (Å²) in [6, 6.07) is 13.3. The first-order valence-electron chi connectivity index (χ1n) is 9.05. The molecular formula is C21H28N2O3S. The van der Waals surface area contributed by atoms with Crippen molar-refractivity contribution < 1.29 is 13.2 Å². The maximum atomic E-state index is 12.6. The van der Waals surface area contributed by atoms with E-state index in [0.29, 0.717) is 5.69 Å². The van der Waals surface area contributed by atoms with Gasteiger partial charge in [-0.2, -0.15) is 0 Å². The summed E-state index contributed by atoms with van der Waals surface area (Å²) < 4.78 is 25.8. The van der Waals surface area contributed by atoms with Crippen LogP contribution in [0.2, 0.25) is 0 Å². The van der Waals surface area contributed by atoms with E-state index in [0.717, 1.165) is 33.7 Å². The molecule has 146 valence electrons. The van der Waals surface area contributed by atoms with Crippen LogP contribution in [0.4, 0.5) is 5.69 Å². The van der Waals surface area contributed by atoms with Gasteiger partial charge in [0.05, 0.1) is 18.0 Å². The Morgan fingerprint density at radius 1 is 1.11 bits per heavy atom. The highest BCUT2D eigenvalue weighted by molar-refractivity contribution is 7.92. The van der Waals surface area contributed by atoms with Gasteiger partial charge in [-0.15, -0.1) is 0 Å². The standard InChI is InChI=1S/C21H28N2O3S/c1-6-18-10-12-19(13-11-18)17(4)22-21(24)14-23(27(5,25)26)20-9-7-8-15(2)16(20)3/h7-13,17H,6,14H2,1-5H3,(H,22,24)/t17-/m1/s1. The lowest BCUT2D eigenvalue weighted by Gasteiger charge is -2.25. The first-order chi connectivity index (χ1) is 12.6. The molecule has 0 radical (unpaired) electrons. The van der Waals surface area contributed by atoms with Crippen molar-refractivity contribution in [3.05, 3.63) is 64.7 Å². The van der Waals surface area contributed by atoms with Crippen LogP contribution in [0.1, 0.15) is 42.1 Å². The minimum absolute atomic E-state index is 0.205. The van der Waals surface area contributed by atoms with Crippen LogP contribution in [0.15, 0.2) is 42.5 Å². The normalized spacial score (nSPS) is 12.5. The van der Waals surface area contributed by atoms with Crippen LogP contribution in [-0.2, 0) is 21.2 Å². The second-order valence-corrected chi connectivity index (χ2v) is 8.78. The number of aryl methyl sites for hydroxylation is 2. The molecular weight excluding hydrogens is 360 g/mol. The summed E-state index contributed by atoms with van der Waals surface area (Å²) in [6.07, 6.45) is 2.08. The molecule has 0 aliphatic carbocycles. The second kappa shape index (κ2) is 8.57. The summed E-state index contributed by atoms with van der Waals surface area (Å²) in [5.74, 6) is -0.339. The summed E-state index contributed by atoms with van der Waals surface area (Å²) in [4.78, 5) is 12.6. The lowest BCUT2D eigenvalue weighted by Crippen LogP contribution is -2.41. The van der Waals surface area contributed by atoms with Crippen molar-refractivity contribution in [3.63, 3.8) is 0 Å². The molecule has 0 fully saturated rings. The Bertz CT molecular complexity index is 906. The number of hydrogen-bond donors (Lipinski definition) is 1. The van der Waals surface area contributed by atoms with Crippen LogP contribution in [0.3, 0.4) is 0 Å². The maximum absolute atomic E-state index is 12.6. The van der Waals surface area contributed by atoms with Crippen molar-refractivity contribution >= 4 is 21.6 Å². The zero-order valence-electron chi connectivity index (χ0n) is 16.6. The minimum Gasteiger partial charge on any atom is -0.348 e. The van der Waals surface area contributed by atoms with E-state index in [4.69, 9.17) is 0 Å². The smallest absolute Gasteiger partial charge is 0.241 e. The number of carbonyl (C=O) groups is 1. The fourth-order valence-electron chi connectivity index (χ4n) is 2.93. The van der Waals surface area contributed by atoms with E-state index >= 15 is 0 Å². The molecule has 5 nitrogen and oxygen atoms in total. The van der Waals surface area contributed by atoms with Crippen LogP contribution < -0.4 is 9.62 Å². The Kier molecular flexibility index (Phi) is 6.65. The largest absolute Gasteiger partial charge is 0.348 e. The molecule has 27 heavy (non-hydrogen) atoms. The van der Waals surface area contributed by atoms with Crippen LogP contribution in [0.25, 0.3) is 0 Å². The number of carbonyl (C=O) groups excluding carboxylic acids is 1. The van der Waals surface area contributed by atoms with Crippen LogP contribution in [0, 0.1) is 13.8 Å². The van der Waals surface area contributed by atoms with E-state index in [9.17, 15) is 13.2 Å². The second-order valence-electron chi connectivity index (χ2n) is 6.87. The number of nitrogens with one attached hydrogen (secondary N) is 1. The first-order valence-corrected chi connectivity index (χ1v) is 10.9. The summed E-state index contributed by atoms with van der Waals surface area (Å²) in [5, 5.41) is 2.90. The van der Waals surface area contributed by atoms with Gasteiger partial charge in [0.2, 0.25) is 15.9 Å². The quantitative estimate of drug-likeness (QED) is 0.789. The highest BCUT2D eigenvalue weighted by Gasteiger charge is 2.23. The van der Waals surface area contributed by atoms with Crippen molar-refractivity contribution in [2.24, 2.45) is 0 Å². The van der Waals surface area contributed by atoms with E-state index < -0.39 is 10.0 Å². The lowest BCUT2D eigenvalue weighted by atomic mass is 10.0. The van der Waals surface area contributed by atoms with E-state index in [1.807, 2.05) is 51.1 Å². The third-order valence-corrected chi connectivity index (χ3v) is 5.92. The highest BCUT2D eigenvalue weighted by Crippen LogP contribution is 2.25. The molecule has 6 heteroatoms. The van der Waals surface area contributed by atoms with E-state index in [1.165, 1.54) is 5.56 Å². The van der Waals surface area contributed by atoms with Crippen molar-refractivity contribution in [1.82, 2.24) is 5.32 Å². The average Bonchev–Trinajstić information content (AvgIpc) is 2.61. The summed E-state index contributed by atoms with van der Waals surface area (Å²) >= 11 is 0. The molecule has 2 rings (SSSR count). The molecule has 2 aromatic carbocycles. The van der Waals surface area contributed by atoms with Gasteiger partial charge in [-0.05, 0) is 55.5 Å². The summed E-state index contributed by atoms with van der Waals surface area (Å²) in [6.45, 7) is 7.51. The average molecular weight is 389 g/mol. The third-order valence-electron chi connectivity index (χ3n) is 4.80. The fourth-order valence-corrected chi connectivity index (χ4v) is 3.84. The third kappa shape index (κ3) is 5.32. The molecule has 0 aliphatic rings. The molecule has 0 saturated heterocycles. The van der Waals surface area contributed by atoms with Gasteiger partial charge in [-0.1, -0.05) is 43.3 Å². The Hall–Kier alpha value is -2.34. The number of rotatable bonds is 7.